The molecule has 3 aromatic carbocycles. The Bertz CT molecular complexity index is 953. The van der Waals surface area contributed by atoms with E-state index in [1.54, 1.807) is 0 Å². The maximum Gasteiger partial charge on any atom is 0.167 e. The lowest BCUT2D eigenvalue weighted by Gasteiger charge is -2.18. The zero-order chi connectivity index (χ0) is 15.8. The first-order valence-corrected chi connectivity index (χ1v) is 8.09. The minimum atomic E-state index is 0.195. The van der Waals surface area contributed by atoms with Crippen molar-refractivity contribution < 1.29 is 4.79 Å². The largest absolute Gasteiger partial charge is 0.294 e. The molecule has 0 spiro atoms. The van der Waals surface area contributed by atoms with E-state index in [4.69, 9.17) is 11.6 Å². The van der Waals surface area contributed by atoms with Gasteiger partial charge in [-0.1, -0.05) is 60.2 Å². The van der Waals surface area contributed by atoms with E-state index < -0.39 is 0 Å². The minimum absolute atomic E-state index is 0.195. The van der Waals surface area contributed by atoms with Gasteiger partial charge in [-0.25, -0.2) is 0 Å². The van der Waals surface area contributed by atoms with Gasteiger partial charge < -0.3 is 0 Å². The van der Waals surface area contributed by atoms with Crippen LogP contribution in [0.2, 0.25) is 5.02 Å². The van der Waals surface area contributed by atoms with Crippen LogP contribution in [0.15, 0.2) is 60.7 Å². The highest BCUT2D eigenvalue weighted by atomic mass is 35.5. The molecule has 0 bridgehead atoms. The van der Waals surface area contributed by atoms with E-state index in [1.807, 2.05) is 42.5 Å². The van der Waals surface area contributed by atoms with Crippen LogP contribution >= 0.6 is 11.6 Å². The summed E-state index contributed by atoms with van der Waals surface area (Å²) in [6.45, 7) is 0. The fraction of sp³-hybridized carbons (Fsp3) is 0.0952. The number of halogens is 1. The maximum atomic E-state index is 12.3. The maximum absolute atomic E-state index is 12.3. The molecule has 23 heavy (non-hydrogen) atoms. The second-order valence-electron chi connectivity index (χ2n) is 5.87. The van der Waals surface area contributed by atoms with Crippen molar-refractivity contribution in [3.63, 3.8) is 0 Å². The normalized spacial score (nSPS) is 13.3. The molecular weight excluding hydrogens is 304 g/mol. The standard InChI is InChI=1S/C21H15ClO/c22-16-7-3-5-14(11-16)12-19-17-8-2-1-6-15(17)13-20-18(19)9-4-10-21(20)23/h1-9,11,13H,10,12H2. The molecule has 0 aromatic heterocycles. The second-order valence-corrected chi connectivity index (χ2v) is 6.31. The van der Waals surface area contributed by atoms with Crippen molar-refractivity contribution in [3.8, 4) is 0 Å². The summed E-state index contributed by atoms with van der Waals surface area (Å²) >= 11 is 6.13. The Morgan fingerprint density at radius 2 is 1.87 bits per heavy atom. The molecule has 0 N–H and O–H groups in total. The van der Waals surface area contributed by atoms with E-state index in [1.165, 1.54) is 10.9 Å². The summed E-state index contributed by atoms with van der Waals surface area (Å²) in [6.07, 6.45) is 5.30. The van der Waals surface area contributed by atoms with Crippen LogP contribution in [0.1, 0.15) is 33.5 Å². The number of allylic oxidation sites excluding steroid dienone is 1. The Balaban J connectivity index is 1.97. The SMILES string of the molecule is O=C1CC=Cc2c1cc1ccccc1c2Cc1cccc(Cl)c1. The number of rotatable bonds is 2. The predicted molar refractivity (Wildman–Crippen MR) is 96.2 cm³/mol. The van der Waals surface area contributed by atoms with Gasteiger partial charge in [-0.05, 0) is 52.1 Å². The third kappa shape index (κ3) is 2.58. The molecule has 0 aliphatic heterocycles. The summed E-state index contributed by atoms with van der Waals surface area (Å²) in [5.74, 6) is 0.195. The first kappa shape index (κ1) is 14.2. The molecule has 0 radical (unpaired) electrons. The molecule has 1 aliphatic rings. The molecule has 0 saturated heterocycles. The Labute approximate surface area is 140 Å². The molecule has 112 valence electrons. The van der Waals surface area contributed by atoms with Gasteiger partial charge in [0.05, 0.1) is 0 Å². The number of hydrogen-bond acceptors (Lipinski definition) is 1. The fourth-order valence-corrected chi connectivity index (χ4v) is 3.51. The summed E-state index contributed by atoms with van der Waals surface area (Å²) in [7, 11) is 0. The van der Waals surface area contributed by atoms with Crippen LogP contribution in [-0.2, 0) is 6.42 Å². The summed E-state index contributed by atoms with van der Waals surface area (Å²) in [5, 5.41) is 3.06. The highest BCUT2D eigenvalue weighted by Crippen LogP contribution is 2.32. The number of ketones is 1. The van der Waals surface area contributed by atoms with E-state index in [0.717, 1.165) is 33.5 Å². The molecule has 1 aliphatic carbocycles. The Kier molecular flexibility index (Phi) is 3.51. The molecule has 1 nitrogen and oxygen atoms in total. The number of benzene rings is 3. The van der Waals surface area contributed by atoms with Crippen molar-refractivity contribution in [1.29, 1.82) is 0 Å². The van der Waals surface area contributed by atoms with Crippen LogP contribution in [0.25, 0.3) is 16.8 Å². The van der Waals surface area contributed by atoms with Gasteiger partial charge >= 0.3 is 0 Å². The van der Waals surface area contributed by atoms with E-state index >= 15 is 0 Å². The predicted octanol–water partition coefficient (Wildman–Crippen LogP) is 5.68. The van der Waals surface area contributed by atoms with Gasteiger partial charge in [-0.3, -0.25) is 4.79 Å². The Morgan fingerprint density at radius 3 is 2.74 bits per heavy atom. The number of carbonyl (C=O) groups is 1. The van der Waals surface area contributed by atoms with Crippen molar-refractivity contribution in [2.45, 2.75) is 12.8 Å². The first-order chi connectivity index (χ1) is 11.2. The average Bonchev–Trinajstić information content (AvgIpc) is 2.56. The number of carbonyl (C=O) groups excluding carboxylic acids is 1. The Morgan fingerprint density at radius 1 is 1.00 bits per heavy atom. The number of hydrogen-bond donors (Lipinski definition) is 0. The highest BCUT2D eigenvalue weighted by Gasteiger charge is 2.19. The molecule has 4 rings (SSSR count). The van der Waals surface area contributed by atoms with Crippen molar-refractivity contribution in [1.82, 2.24) is 0 Å². The molecule has 0 heterocycles. The van der Waals surface area contributed by atoms with Gasteiger partial charge in [-0.2, -0.15) is 0 Å². The smallest absolute Gasteiger partial charge is 0.167 e. The summed E-state index contributed by atoms with van der Waals surface area (Å²) in [6, 6.07) is 18.2. The summed E-state index contributed by atoms with van der Waals surface area (Å²) in [5.41, 5.74) is 4.25. The molecule has 0 amide bonds. The van der Waals surface area contributed by atoms with Gasteiger partial charge in [-0.15, -0.1) is 0 Å². The van der Waals surface area contributed by atoms with Crippen molar-refractivity contribution >= 4 is 34.2 Å². The van der Waals surface area contributed by atoms with Crippen LogP contribution in [0.3, 0.4) is 0 Å². The molecule has 3 aromatic rings. The molecule has 0 fully saturated rings. The second kappa shape index (κ2) is 5.68. The van der Waals surface area contributed by atoms with E-state index in [2.05, 4.69) is 24.3 Å². The lowest BCUT2D eigenvalue weighted by Crippen LogP contribution is -2.08. The van der Waals surface area contributed by atoms with Crippen molar-refractivity contribution in [3.05, 3.63) is 87.9 Å². The monoisotopic (exact) mass is 318 g/mol. The number of fused-ring (bicyclic) bond motifs is 2. The van der Waals surface area contributed by atoms with Crippen LogP contribution in [0.5, 0.6) is 0 Å². The average molecular weight is 319 g/mol. The summed E-state index contributed by atoms with van der Waals surface area (Å²) < 4.78 is 0. The fourth-order valence-electron chi connectivity index (χ4n) is 3.29. The number of Topliss-reactive ketones (excluding diaryl/α,β-unsaturated/α-hetero) is 1. The van der Waals surface area contributed by atoms with Crippen LogP contribution in [0, 0.1) is 0 Å². The third-order valence-corrected chi connectivity index (χ3v) is 4.59. The van der Waals surface area contributed by atoms with Crippen LogP contribution in [-0.4, -0.2) is 5.78 Å². The van der Waals surface area contributed by atoms with Gasteiger partial charge in [0, 0.05) is 17.0 Å². The van der Waals surface area contributed by atoms with Crippen LogP contribution < -0.4 is 0 Å². The summed E-state index contributed by atoms with van der Waals surface area (Å²) in [4.78, 5) is 12.3. The van der Waals surface area contributed by atoms with Crippen LogP contribution in [0.4, 0.5) is 0 Å². The molecular formula is C21H15ClO. The van der Waals surface area contributed by atoms with Gasteiger partial charge in [0.1, 0.15) is 0 Å². The zero-order valence-electron chi connectivity index (χ0n) is 12.6. The molecule has 2 heteroatoms. The topological polar surface area (TPSA) is 17.1 Å². The van der Waals surface area contributed by atoms with Crippen molar-refractivity contribution in [2.24, 2.45) is 0 Å². The zero-order valence-corrected chi connectivity index (χ0v) is 13.3. The molecule has 0 unspecified atom stereocenters. The third-order valence-electron chi connectivity index (χ3n) is 4.36. The Hall–Kier alpha value is -2.38. The highest BCUT2D eigenvalue weighted by molar-refractivity contribution is 6.30. The van der Waals surface area contributed by atoms with Crippen molar-refractivity contribution in [2.75, 3.05) is 0 Å². The quantitative estimate of drug-likeness (QED) is 0.593. The lowest BCUT2D eigenvalue weighted by atomic mass is 9.86. The molecule has 0 saturated carbocycles. The minimum Gasteiger partial charge on any atom is -0.294 e. The lowest BCUT2D eigenvalue weighted by molar-refractivity contribution is 0.0994. The first-order valence-electron chi connectivity index (χ1n) is 7.71. The van der Waals surface area contributed by atoms with Gasteiger partial charge in [0.15, 0.2) is 5.78 Å². The van der Waals surface area contributed by atoms with Gasteiger partial charge in [0.2, 0.25) is 0 Å². The van der Waals surface area contributed by atoms with E-state index in [9.17, 15) is 4.79 Å². The van der Waals surface area contributed by atoms with Gasteiger partial charge in [0.25, 0.3) is 0 Å². The molecule has 0 atom stereocenters. The van der Waals surface area contributed by atoms with E-state index in [-0.39, 0.29) is 5.78 Å². The van der Waals surface area contributed by atoms with E-state index in [0.29, 0.717) is 6.42 Å².